The Balaban J connectivity index is 1.75. The Hall–Kier alpha value is -2.32. The van der Waals surface area contributed by atoms with Crippen molar-refractivity contribution >= 4 is 5.82 Å². The molecule has 0 radical (unpaired) electrons. The second-order valence-corrected chi connectivity index (χ2v) is 7.40. The first-order valence-electron chi connectivity index (χ1n) is 9.88. The number of benzene rings is 1. The lowest BCUT2D eigenvalue weighted by Gasteiger charge is -2.31. The molecule has 3 heterocycles. The van der Waals surface area contributed by atoms with E-state index in [9.17, 15) is 0 Å². The van der Waals surface area contributed by atoms with E-state index in [4.69, 9.17) is 10.4 Å². The average Bonchev–Trinajstić information content (AvgIpc) is 2.89. The molecule has 136 valence electrons. The molecule has 1 N–H and O–H groups in total. The summed E-state index contributed by atoms with van der Waals surface area (Å²) in [6, 6.07) is 9.95. The van der Waals surface area contributed by atoms with Crippen LogP contribution in [0.1, 0.15) is 55.3 Å². The maximum atomic E-state index is 9.06. The van der Waals surface area contributed by atoms with Crippen LogP contribution in [0, 0.1) is 11.3 Å². The highest BCUT2D eigenvalue weighted by Gasteiger charge is 2.29. The Labute approximate surface area is 155 Å². The van der Waals surface area contributed by atoms with Gasteiger partial charge in [0.15, 0.2) is 0 Å². The molecule has 1 fully saturated rings. The number of likely N-dealkylation sites (N-methyl/N-ethyl adjacent to an activating group) is 1. The van der Waals surface area contributed by atoms with E-state index in [1.807, 2.05) is 24.3 Å². The van der Waals surface area contributed by atoms with Crippen molar-refractivity contribution in [3.05, 3.63) is 41.1 Å². The van der Waals surface area contributed by atoms with E-state index < -0.39 is 0 Å². The fraction of sp³-hybridized carbons (Fsp3) is 0.524. The van der Waals surface area contributed by atoms with Crippen LogP contribution in [-0.4, -0.2) is 40.9 Å². The minimum Gasteiger partial charge on any atom is -0.370 e. The van der Waals surface area contributed by atoms with Crippen LogP contribution in [0.5, 0.6) is 0 Å². The van der Waals surface area contributed by atoms with Gasteiger partial charge in [-0.25, -0.2) is 4.68 Å². The van der Waals surface area contributed by atoms with E-state index in [0.717, 1.165) is 37.6 Å². The van der Waals surface area contributed by atoms with Gasteiger partial charge in [-0.2, -0.15) is 10.4 Å². The van der Waals surface area contributed by atoms with Crippen molar-refractivity contribution in [2.45, 2.75) is 44.9 Å². The molecule has 4 rings (SSSR count). The highest BCUT2D eigenvalue weighted by atomic mass is 15.3. The molecule has 0 saturated carbocycles. The molecule has 1 aromatic carbocycles. The predicted molar refractivity (Wildman–Crippen MR) is 104 cm³/mol. The summed E-state index contributed by atoms with van der Waals surface area (Å²) in [5, 5.41) is 17.8. The van der Waals surface area contributed by atoms with Crippen LogP contribution in [0.3, 0.4) is 0 Å². The number of aromatic nitrogens is 2. The molecule has 26 heavy (non-hydrogen) atoms. The summed E-state index contributed by atoms with van der Waals surface area (Å²) >= 11 is 0. The van der Waals surface area contributed by atoms with Gasteiger partial charge in [0, 0.05) is 24.6 Å². The zero-order chi connectivity index (χ0) is 17.9. The summed E-state index contributed by atoms with van der Waals surface area (Å²) in [5.41, 5.74) is 4.42. The maximum absolute atomic E-state index is 9.06. The Morgan fingerprint density at radius 1 is 1.23 bits per heavy atom. The van der Waals surface area contributed by atoms with Gasteiger partial charge in [-0.15, -0.1) is 0 Å². The summed E-state index contributed by atoms with van der Waals surface area (Å²) in [5.74, 6) is 1.69. The van der Waals surface area contributed by atoms with Gasteiger partial charge in [-0.05, 0) is 69.5 Å². The third kappa shape index (κ3) is 3.22. The summed E-state index contributed by atoms with van der Waals surface area (Å²) in [7, 11) is 0. The predicted octanol–water partition coefficient (Wildman–Crippen LogP) is 3.69. The first-order valence-corrected chi connectivity index (χ1v) is 9.88. The van der Waals surface area contributed by atoms with Crippen LogP contribution in [0.4, 0.5) is 5.82 Å². The maximum Gasteiger partial charge on any atom is 0.133 e. The lowest BCUT2D eigenvalue weighted by atomic mass is 9.91. The van der Waals surface area contributed by atoms with Crippen LogP contribution in [0.15, 0.2) is 24.3 Å². The molecule has 0 spiro atoms. The SMILES string of the molecule is CCN1CCCC(c2nn(-c3ccc(C#N)cc3)c3c2CCCCN3)C1. The number of likely N-dealkylation sites (tertiary alicyclic amines) is 1. The van der Waals surface area contributed by atoms with Gasteiger partial charge < -0.3 is 10.2 Å². The second-order valence-electron chi connectivity index (χ2n) is 7.40. The number of nitrogens with one attached hydrogen (secondary N) is 1. The van der Waals surface area contributed by atoms with Gasteiger partial charge in [0.05, 0.1) is 23.0 Å². The number of fused-ring (bicyclic) bond motifs is 1. The Kier molecular flexibility index (Phi) is 4.94. The quantitative estimate of drug-likeness (QED) is 0.918. The molecule has 5 heteroatoms. The van der Waals surface area contributed by atoms with Crippen LogP contribution >= 0.6 is 0 Å². The van der Waals surface area contributed by atoms with Crippen LogP contribution in [0.2, 0.25) is 0 Å². The first-order chi connectivity index (χ1) is 12.8. The number of nitriles is 1. The third-order valence-corrected chi connectivity index (χ3v) is 5.74. The molecule has 2 aromatic rings. The molecule has 5 nitrogen and oxygen atoms in total. The summed E-state index contributed by atoms with van der Waals surface area (Å²) < 4.78 is 2.07. The van der Waals surface area contributed by atoms with Crippen molar-refractivity contribution in [2.75, 3.05) is 31.5 Å². The minimum absolute atomic E-state index is 0.525. The lowest BCUT2D eigenvalue weighted by Crippen LogP contribution is -2.34. The van der Waals surface area contributed by atoms with E-state index >= 15 is 0 Å². The van der Waals surface area contributed by atoms with Crippen molar-refractivity contribution in [3.63, 3.8) is 0 Å². The van der Waals surface area contributed by atoms with Gasteiger partial charge in [0.2, 0.25) is 0 Å². The van der Waals surface area contributed by atoms with Crippen molar-refractivity contribution in [1.82, 2.24) is 14.7 Å². The Morgan fingerprint density at radius 2 is 2.08 bits per heavy atom. The standard InChI is InChI=1S/C21H27N5/c1-2-25-13-5-6-17(15-25)20-19-7-3-4-12-23-21(19)26(24-20)18-10-8-16(14-22)9-11-18/h8-11,17,23H,2-7,12-13,15H2,1H3. The Morgan fingerprint density at radius 3 is 2.85 bits per heavy atom. The van der Waals surface area contributed by atoms with Crippen molar-refractivity contribution in [3.8, 4) is 11.8 Å². The van der Waals surface area contributed by atoms with Crippen LogP contribution in [-0.2, 0) is 6.42 Å². The normalized spacial score (nSPS) is 20.7. The van der Waals surface area contributed by atoms with E-state index in [0.29, 0.717) is 11.5 Å². The molecule has 2 aliphatic heterocycles. The molecule has 0 amide bonds. The van der Waals surface area contributed by atoms with Gasteiger partial charge in [0.1, 0.15) is 5.82 Å². The number of hydrogen-bond donors (Lipinski definition) is 1. The van der Waals surface area contributed by atoms with Crippen LogP contribution < -0.4 is 5.32 Å². The fourth-order valence-corrected chi connectivity index (χ4v) is 4.29. The van der Waals surface area contributed by atoms with E-state index in [2.05, 4.69) is 27.9 Å². The molecular formula is C21H27N5. The molecule has 1 aromatic heterocycles. The number of rotatable bonds is 3. The van der Waals surface area contributed by atoms with Gasteiger partial charge >= 0.3 is 0 Å². The van der Waals surface area contributed by atoms with E-state index in [1.165, 1.54) is 43.5 Å². The van der Waals surface area contributed by atoms with Crippen LogP contribution in [0.25, 0.3) is 5.69 Å². The van der Waals surface area contributed by atoms with Crippen molar-refractivity contribution in [1.29, 1.82) is 5.26 Å². The molecule has 2 aliphatic rings. The monoisotopic (exact) mass is 349 g/mol. The lowest BCUT2D eigenvalue weighted by molar-refractivity contribution is 0.215. The number of piperidine rings is 1. The van der Waals surface area contributed by atoms with E-state index in [-0.39, 0.29) is 0 Å². The molecule has 1 saturated heterocycles. The topological polar surface area (TPSA) is 56.9 Å². The second kappa shape index (κ2) is 7.51. The summed E-state index contributed by atoms with van der Waals surface area (Å²) in [6.45, 7) is 6.70. The van der Waals surface area contributed by atoms with Crippen molar-refractivity contribution < 1.29 is 0 Å². The largest absolute Gasteiger partial charge is 0.370 e. The number of nitrogens with zero attached hydrogens (tertiary/aromatic N) is 4. The smallest absolute Gasteiger partial charge is 0.133 e. The fourth-order valence-electron chi connectivity index (χ4n) is 4.29. The zero-order valence-electron chi connectivity index (χ0n) is 15.5. The summed E-state index contributed by atoms with van der Waals surface area (Å²) in [6.07, 6.45) is 6.01. The molecule has 0 aliphatic carbocycles. The van der Waals surface area contributed by atoms with Gasteiger partial charge in [-0.3, -0.25) is 0 Å². The van der Waals surface area contributed by atoms with Gasteiger partial charge in [-0.1, -0.05) is 6.92 Å². The van der Waals surface area contributed by atoms with Crippen molar-refractivity contribution in [2.24, 2.45) is 0 Å². The number of anilines is 1. The first kappa shape index (κ1) is 17.1. The number of hydrogen-bond acceptors (Lipinski definition) is 4. The highest BCUT2D eigenvalue weighted by Crippen LogP contribution is 2.35. The molecule has 1 unspecified atom stereocenters. The molecule has 1 atom stereocenters. The van der Waals surface area contributed by atoms with E-state index in [1.54, 1.807) is 0 Å². The summed E-state index contributed by atoms with van der Waals surface area (Å²) in [4.78, 5) is 2.55. The highest BCUT2D eigenvalue weighted by molar-refractivity contribution is 5.55. The minimum atomic E-state index is 0.525. The Bertz CT molecular complexity index is 799. The zero-order valence-corrected chi connectivity index (χ0v) is 15.5. The third-order valence-electron chi connectivity index (χ3n) is 5.74. The average molecular weight is 349 g/mol. The molecular weight excluding hydrogens is 322 g/mol. The molecule has 0 bridgehead atoms. The van der Waals surface area contributed by atoms with Gasteiger partial charge in [0.25, 0.3) is 0 Å².